The summed E-state index contributed by atoms with van der Waals surface area (Å²) in [6, 6.07) is 25.2. The fraction of sp³-hybridized carbons (Fsp3) is 0.233. The van der Waals surface area contributed by atoms with Crippen LogP contribution in [0.5, 0.6) is 5.75 Å². The second-order valence-electron chi connectivity index (χ2n) is 9.07. The Kier molecular flexibility index (Phi) is 7.79. The second-order valence-corrected chi connectivity index (χ2v) is 10.3. The van der Waals surface area contributed by atoms with Crippen molar-refractivity contribution in [1.29, 1.82) is 0 Å². The lowest BCUT2D eigenvalue weighted by atomic mass is 9.95. The summed E-state index contributed by atoms with van der Waals surface area (Å²) in [5.41, 5.74) is 5.33. The topological polar surface area (TPSA) is 78.3 Å². The number of hydrogen-bond acceptors (Lipinski definition) is 7. The van der Waals surface area contributed by atoms with Crippen LogP contribution in [-0.2, 0) is 22.7 Å². The minimum atomic E-state index is -0.487. The van der Waals surface area contributed by atoms with Gasteiger partial charge in [0.25, 0.3) is 0 Å². The van der Waals surface area contributed by atoms with Gasteiger partial charge in [0, 0.05) is 5.70 Å². The summed E-state index contributed by atoms with van der Waals surface area (Å²) >= 11 is 1.55. The van der Waals surface area contributed by atoms with Crippen molar-refractivity contribution in [2.45, 2.75) is 45.2 Å². The van der Waals surface area contributed by atoms with E-state index in [4.69, 9.17) is 14.6 Å². The van der Waals surface area contributed by atoms with Crippen molar-refractivity contribution in [3.8, 4) is 5.75 Å². The van der Waals surface area contributed by atoms with E-state index in [9.17, 15) is 4.79 Å². The monoisotopic (exact) mass is 526 g/mol. The van der Waals surface area contributed by atoms with E-state index in [1.807, 2.05) is 61.5 Å². The highest BCUT2D eigenvalue weighted by Gasteiger charge is 2.35. The fourth-order valence-corrected chi connectivity index (χ4v) is 4.85. The highest BCUT2D eigenvalue weighted by Crippen LogP contribution is 2.37. The number of thioether (sulfide) groups is 1. The van der Waals surface area contributed by atoms with Gasteiger partial charge in [-0.1, -0.05) is 91.0 Å². The van der Waals surface area contributed by atoms with E-state index < -0.39 is 12.0 Å². The Morgan fingerprint density at radius 2 is 1.66 bits per heavy atom. The number of nitrogens with one attached hydrogen (secondary N) is 1. The summed E-state index contributed by atoms with van der Waals surface area (Å²) in [5.74, 6) is 1.80. The molecule has 1 aliphatic heterocycles. The molecule has 3 aromatic carbocycles. The third kappa shape index (κ3) is 5.75. The zero-order valence-corrected chi connectivity index (χ0v) is 22.5. The number of hydrogen-bond donors (Lipinski definition) is 1. The average Bonchev–Trinajstić information content (AvgIpc) is 3.33. The zero-order valence-electron chi connectivity index (χ0n) is 21.7. The molecule has 1 N–H and O–H groups in total. The van der Waals surface area contributed by atoms with E-state index in [2.05, 4.69) is 48.4 Å². The molecule has 0 aliphatic carbocycles. The van der Waals surface area contributed by atoms with Gasteiger partial charge in [-0.2, -0.15) is 4.98 Å². The first-order chi connectivity index (χ1) is 18.5. The molecule has 1 aromatic heterocycles. The van der Waals surface area contributed by atoms with Gasteiger partial charge in [0.1, 0.15) is 25.0 Å². The van der Waals surface area contributed by atoms with Crippen LogP contribution < -0.4 is 10.1 Å². The van der Waals surface area contributed by atoms with Gasteiger partial charge in [-0.15, -0.1) is 5.10 Å². The van der Waals surface area contributed by atoms with Crippen molar-refractivity contribution < 1.29 is 14.3 Å². The summed E-state index contributed by atoms with van der Waals surface area (Å²) in [7, 11) is 0. The lowest BCUT2D eigenvalue weighted by molar-refractivity contribution is -0.140. The zero-order chi connectivity index (χ0) is 26.5. The molecule has 1 atom stereocenters. The third-order valence-corrected chi connectivity index (χ3v) is 6.98. The molecule has 5 rings (SSSR count). The van der Waals surface area contributed by atoms with Gasteiger partial charge in [-0.05, 0) is 48.4 Å². The molecule has 0 radical (unpaired) electrons. The van der Waals surface area contributed by atoms with Crippen molar-refractivity contribution >= 4 is 23.7 Å². The molecule has 38 heavy (non-hydrogen) atoms. The Hall–Kier alpha value is -4.04. The van der Waals surface area contributed by atoms with Gasteiger partial charge in [0.2, 0.25) is 11.1 Å². The van der Waals surface area contributed by atoms with Crippen LogP contribution in [-0.4, -0.2) is 26.5 Å². The summed E-state index contributed by atoms with van der Waals surface area (Å²) in [6.07, 6.45) is 0. The number of carbonyl (C=O) groups excluding carboxylic acids is 1. The van der Waals surface area contributed by atoms with Crippen LogP contribution in [0.2, 0.25) is 0 Å². The van der Waals surface area contributed by atoms with Crippen LogP contribution in [0.25, 0.3) is 0 Å². The molecule has 194 valence electrons. The number of anilines is 1. The molecule has 0 amide bonds. The normalized spacial score (nSPS) is 14.6. The highest BCUT2D eigenvalue weighted by molar-refractivity contribution is 7.99. The molecule has 1 aliphatic rings. The minimum Gasteiger partial charge on any atom is -0.489 e. The number of fused-ring (bicyclic) bond motifs is 1. The van der Waals surface area contributed by atoms with E-state index >= 15 is 0 Å². The van der Waals surface area contributed by atoms with Crippen LogP contribution in [0, 0.1) is 6.92 Å². The van der Waals surface area contributed by atoms with E-state index in [1.54, 1.807) is 16.4 Å². The molecule has 2 heterocycles. The van der Waals surface area contributed by atoms with Crippen LogP contribution in [0.15, 0.2) is 95.3 Å². The van der Waals surface area contributed by atoms with Crippen molar-refractivity contribution in [3.63, 3.8) is 0 Å². The van der Waals surface area contributed by atoms with Gasteiger partial charge in [0.05, 0.1) is 5.57 Å². The average molecular weight is 527 g/mol. The van der Waals surface area contributed by atoms with E-state index in [0.717, 1.165) is 28.2 Å². The molecular formula is C30H30N4O3S. The number of benzene rings is 3. The second kappa shape index (κ2) is 11.6. The Labute approximate surface area is 226 Å². The predicted octanol–water partition coefficient (Wildman–Crippen LogP) is 6.31. The quantitative estimate of drug-likeness (QED) is 0.202. The van der Waals surface area contributed by atoms with Crippen molar-refractivity contribution in [2.24, 2.45) is 0 Å². The Morgan fingerprint density at radius 1 is 0.947 bits per heavy atom. The number of ether oxygens (including phenoxy) is 2. The lowest BCUT2D eigenvalue weighted by Gasteiger charge is -2.28. The van der Waals surface area contributed by atoms with Crippen LogP contribution >= 0.6 is 11.8 Å². The summed E-state index contributed by atoms with van der Waals surface area (Å²) in [5, 5.41) is 8.63. The number of carbonyl (C=O) groups is 1. The van der Waals surface area contributed by atoms with E-state index in [-0.39, 0.29) is 6.61 Å². The maximum atomic E-state index is 13.4. The van der Waals surface area contributed by atoms with Gasteiger partial charge in [-0.25, -0.2) is 9.48 Å². The largest absolute Gasteiger partial charge is 0.489 e. The third-order valence-electron chi connectivity index (χ3n) is 6.26. The number of esters is 1. The highest BCUT2D eigenvalue weighted by atomic mass is 32.2. The number of nitrogens with zero attached hydrogens (tertiary/aromatic N) is 3. The maximum absolute atomic E-state index is 13.4. The fourth-order valence-electron chi connectivity index (χ4n) is 4.29. The van der Waals surface area contributed by atoms with Crippen molar-refractivity contribution in [3.05, 3.63) is 112 Å². The van der Waals surface area contributed by atoms with E-state index in [1.165, 1.54) is 5.56 Å². The number of rotatable bonds is 9. The molecule has 8 heteroatoms. The Bertz CT molecular complexity index is 1430. The first-order valence-electron chi connectivity index (χ1n) is 12.6. The minimum absolute atomic E-state index is 0.191. The molecule has 0 bridgehead atoms. The number of aryl methyl sites for hydroxylation is 1. The van der Waals surface area contributed by atoms with Crippen molar-refractivity contribution in [2.75, 3.05) is 11.1 Å². The summed E-state index contributed by atoms with van der Waals surface area (Å²) in [4.78, 5) is 18.1. The standard InChI is InChI=1S/C30H30N4O3S/c1-4-38-30-32-29-31-21(3)26(28(35)37-19-22-8-6-5-7-9-22)27(34(29)33-30)24-14-16-25(17-15-24)36-18-23-12-10-20(2)11-13-23/h5-17,27H,4,18-19H2,1-3H3,(H,31,32,33). The molecule has 0 spiro atoms. The maximum Gasteiger partial charge on any atom is 0.338 e. The smallest absolute Gasteiger partial charge is 0.338 e. The summed E-state index contributed by atoms with van der Waals surface area (Å²) in [6.45, 7) is 6.66. The molecular weight excluding hydrogens is 496 g/mol. The van der Waals surface area contributed by atoms with Crippen LogP contribution in [0.1, 0.15) is 42.1 Å². The molecule has 0 saturated carbocycles. The van der Waals surface area contributed by atoms with E-state index in [0.29, 0.717) is 29.0 Å². The predicted molar refractivity (Wildman–Crippen MR) is 149 cm³/mol. The Morgan fingerprint density at radius 3 is 2.37 bits per heavy atom. The molecule has 7 nitrogen and oxygen atoms in total. The molecule has 4 aromatic rings. The first-order valence-corrected chi connectivity index (χ1v) is 13.6. The lowest BCUT2D eigenvalue weighted by Crippen LogP contribution is -2.29. The number of aromatic nitrogens is 3. The summed E-state index contributed by atoms with van der Waals surface area (Å²) < 4.78 is 13.5. The van der Waals surface area contributed by atoms with Gasteiger partial charge < -0.3 is 14.8 Å². The molecule has 0 fully saturated rings. The van der Waals surface area contributed by atoms with Crippen LogP contribution in [0.4, 0.5) is 5.95 Å². The van der Waals surface area contributed by atoms with Gasteiger partial charge in [0.15, 0.2) is 0 Å². The Balaban J connectivity index is 1.41. The van der Waals surface area contributed by atoms with Gasteiger partial charge in [-0.3, -0.25) is 0 Å². The van der Waals surface area contributed by atoms with Gasteiger partial charge >= 0.3 is 5.97 Å². The number of allylic oxidation sites excluding steroid dienone is 1. The molecule has 1 unspecified atom stereocenters. The van der Waals surface area contributed by atoms with Crippen LogP contribution in [0.3, 0.4) is 0 Å². The van der Waals surface area contributed by atoms with Crippen molar-refractivity contribution in [1.82, 2.24) is 14.8 Å². The SMILES string of the molecule is CCSc1nc2n(n1)C(c1ccc(OCc3ccc(C)cc3)cc1)C(C(=O)OCc1ccccc1)=C(C)N2. The molecule has 0 saturated heterocycles. The first kappa shape index (κ1) is 25.6.